The molecule has 3 rings (SSSR count). The van der Waals surface area contributed by atoms with Crippen molar-refractivity contribution in [3.63, 3.8) is 0 Å². The molecule has 2 amide bonds. The molecule has 2 aromatic carbocycles. The maximum Gasteiger partial charge on any atom is 0.255 e. The third-order valence-corrected chi connectivity index (χ3v) is 5.34. The van der Waals surface area contributed by atoms with Gasteiger partial charge in [-0.2, -0.15) is 0 Å². The molecule has 0 radical (unpaired) electrons. The van der Waals surface area contributed by atoms with Crippen molar-refractivity contribution in [1.82, 2.24) is 4.90 Å². The van der Waals surface area contributed by atoms with Crippen LogP contribution in [0.4, 0.5) is 10.1 Å². The predicted molar refractivity (Wildman–Crippen MR) is 114 cm³/mol. The summed E-state index contributed by atoms with van der Waals surface area (Å²) in [6.07, 6.45) is 1.44. The summed E-state index contributed by atoms with van der Waals surface area (Å²) in [5, 5.41) is 2.78. The van der Waals surface area contributed by atoms with Gasteiger partial charge in [0.25, 0.3) is 11.8 Å². The van der Waals surface area contributed by atoms with Gasteiger partial charge in [-0.3, -0.25) is 14.4 Å². The molecule has 0 fully saturated rings. The van der Waals surface area contributed by atoms with E-state index in [1.54, 1.807) is 23.1 Å². The zero-order valence-electron chi connectivity index (χ0n) is 17.2. The van der Waals surface area contributed by atoms with E-state index in [2.05, 4.69) is 11.9 Å². The molecule has 5 nitrogen and oxygen atoms in total. The quantitative estimate of drug-likeness (QED) is 0.642. The molecule has 2 aromatic rings. The molecule has 0 spiro atoms. The smallest absolute Gasteiger partial charge is 0.255 e. The number of halogens is 1. The van der Waals surface area contributed by atoms with Crippen LogP contribution in [0.25, 0.3) is 0 Å². The molecule has 156 valence electrons. The first-order valence-corrected chi connectivity index (χ1v) is 9.98. The summed E-state index contributed by atoms with van der Waals surface area (Å²) in [4.78, 5) is 38.8. The monoisotopic (exact) mass is 408 g/mol. The van der Waals surface area contributed by atoms with Gasteiger partial charge in [0, 0.05) is 36.2 Å². The largest absolute Gasteiger partial charge is 0.328 e. The van der Waals surface area contributed by atoms with Gasteiger partial charge >= 0.3 is 0 Å². The maximum atomic E-state index is 13.0. The van der Waals surface area contributed by atoms with Gasteiger partial charge < -0.3 is 10.2 Å². The lowest BCUT2D eigenvalue weighted by Crippen LogP contribution is -2.36. The Hall–Kier alpha value is -3.28. The summed E-state index contributed by atoms with van der Waals surface area (Å²) in [5.41, 5.74) is 3.14. The zero-order valence-corrected chi connectivity index (χ0v) is 17.2. The van der Waals surface area contributed by atoms with Gasteiger partial charge in [-0.05, 0) is 61.4 Å². The van der Waals surface area contributed by atoms with Crippen molar-refractivity contribution in [2.24, 2.45) is 0 Å². The van der Waals surface area contributed by atoms with E-state index in [1.807, 2.05) is 13.8 Å². The van der Waals surface area contributed by atoms with Crippen molar-refractivity contribution in [3.05, 3.63) is 77.1 Å². The fourth-order valence-electron chi connectivity index (χ4n) is 3.62. The molecule has 1 heterocycles. The number of hydrogen-bond acceptors (Lipinski definition) is 3. The van der Waals surface area contributed by atoms with Crippen LogP contribution in [-0.4, -0.2) is 28.5 Å². The minimum atomic E-state index is -0.407. The molecule has 0 aliphatic carbocycles. The van der Waals surface area contributed by atoms with Gasteiger partial charge in [0.2, 0.25) is 0 Å². The number of benzene rings is 2. The zero-order chi connectivity index (χ0) is 21.8. The summed E-state index contributed by atoms with van der Waals surface area (Å²) < 4.78 is 13.0. The number of Topliss-reactive ketones (excluding diaryl/α,β-unsaturated/α-hetero) is 1. The number of amides is 2. The number of nitrogens with zero attached hydrogens (tertiary/aromatic N) is 1. The Morgan fingerprint density at radius 3 is 2.53 bits per heavy atom. The molecule has 1 atom stereocenters. The van der Waals surface area contributed by atoms with Crippen LogP contribution in [-0.2, 0) is 11.3 Å². The van der Waals surface area contributed by atoms with Gasteiger partial charge in [-0.1, -0.05) is 19.1 Å². The minimum absolute atomic E-state index is 0.0987. The highest BCUT2D eigenvalue weighted by atomic mass is 19.1. The molecule has 0 bridgehead atoms. The molecule has 6 heteroatoms. The van der Waals surface area contributed by atoms with Gasteiger partial charge in [-0.25, -0.2) is 4.39 Å². The van der Waals surface area contributed by atoms with Crippen LogP contribution < -0.4 is 5.32 Å². The van der Waals surface area contributed by atoms with E-state index in [9.17, 15) is 18.8 Å². The lowest BCUT2D eigenvalue weighted by atomic mass is 10.0. The minimum Gasteiger partial charge on any atom is -0.328 e. The third-order valence-electron chi connectivity index (χ3n) is 5.34. The Morgan fingerprint density at radius 2 is 1.90 bits per heavy atom. The molecule has 1 aliphatic heterocycles. The summed E-state index contributed by atoms with van der Waals surface area (Å²) in [6, 6.07) is 10.2. The van der Waals surface area contributed by atoms with Crippen LogP contribution in [0.1, 0.15) is 59.4 Å². The molecular weight excluding hydrogens is 383 g/mol. The van der Waals surface area contributed by atoms with Crippen molar-refractivity contribution in [2.75, 3.05) is 5.32 Å². The van der Waals surface area contributed by atoms with Gasteiger partial charge in [0.1, 0.15) is 11.6 Å². The Balaban J connectivity index is 1.74. The molecule has 0 saturated carbocycles. The van der Waals surface area contributed by atoms with Crippen LogP contribution in [0.3, 0.4) is 0 Å². The number of hydrogen-bond donors (Lipinski definition) is 1. The third kappa shape index (κ3) is 4.64. The van der Waals surface area contributed by atoms with Crippen LogP contribution in [0.2, 0.25) is 0 Å². The summed E-state index contributed by atoms with van der Waals surface area (Å²) in [5.74, 6) is -0.695. The van der Waals surface area contributed by atoms with Crippen LogP contribution in [0.15, 0.2) is 54.6 Å². The van der Waals surface area contributed by atoms with E-state index < -0.39 is 5.82 Å². The lowest BCUT2D eigenvalue weighted by Gasteiger charge is -2.28. The number of carbonyl (C=O) groups excluding carboxylic acids is 3. The van der Waals surface area contributed by atoms with E-state index in [0.717, 1.165) is 11.1 Å². The van der Waals surface area contributed by atoms with E-state index in [-0.39, 0.29) is 23.6 Å². The highest BCUT2D eigenvalue weighted by molar-refractivity contribution is 6.05. The topological polar surface area (TPSA) is 66.5 Å². The van der Waals surface area contributed by atoms with Crippen LogP contribution in [0, 0.1) is 5.82 Å². The van der Waals surface area contributed by atoms with Gasteiger partial charge in [0.05, 0.1) is 6.04 Å². The number of nitrogens with one attached hydrogen (secondary N) is 1. The van der Waals surface area contributed by atoms with Crippen molar-refractivity contribution in [2.45, 2.75) is 45.7 Å². The normalized spacial score (nSPS) is 13.7. The lowest BCUT2D eigenvalue weighted by molar-refractivity contribution is -0.119. The Bertz CT molecular complexity index is 998. The Morgan fingerprint density at radius 1 is 1.20 bits per heavy atom. The highest BCUT2D eigenvalue weighted by Gasteiger charge is 2.33. The van der Waals surface area contributed by atoms with E-state index in [0.29, 0.717) is 42.6 Å². The number of carbonyl (C=O) groups is 3. The molecule has 1 unspecified atom stereocenters. The van der Waals surface area contributed by atoms with E-state index in [1.165, 1.54) is 24.3 Å². The summed E-state index contributed by atoms with van der Waals surface area (Å²) in [6.45, 7) is 8.10. The summed E-state index contributed by atoms with van der Waals surface area (Å²) in [7, 11) is 0. The highest BCUT2D eigenvalue weighted by Crippen LogP contribution is 2.30. The number of anilines is 1. The fourth-order valence-corrected chi connectivity index (χ4v) is 3.62. The second kappa shape index (κ2) is 9.03. The first-order chi connectivity index (χ1) is 14.3. The first kappa shape index (κ1) is 21.4. The Kier molecular flexibility index (Phi) is 6.45. The van der Waals surface area contributed by atoms with Crippen molar-refractivity contribution < 1.29 is 18.8 Å². The van der Waals surface area contributed by atoms with Gasteiger partial charge in [-0.15, -0.1) is 0 Å². The molecule has 1 aliphatic rings. The maximum absolute atomic E-state index is 13.0. The average molecular weight is 408 g/mol. The van der Waals surface area contributed by atoms with Gasteiger partial charge in [0.15, 0.2) is 0 Å². The number of ketones is 1. The number of rotatable bonds is 8. The SMILES string of the molecule is C=C(C)C(CCC(=O)CC)N1Cc2cc(NC(=O)c3ccc(F)cc3)ccc2C1=O. The molecule has 30 heavy (non-hydrogen) atoms. The van der Waals surface area contributed by atoms with E-state index >= 15 is 0 Å². The molecule has 1 N–H and O–H groups in total. The first-order valence-electron chi connectivity index (χ1n) is 9.98. The van der Waals surface area contributed by atoms with Crippen molar-refractivity contribution in [3.8, 4) is 0 Å². The van der Waals surface area contributed by atoms with Crippen molar-refractivity contribution >= 4 is 23.3 Å². The Labute approximate surface area is 175 Å². The molecule has 0 aromatic heterocycles. The van der Waals surface area contributed by atoms with Crippen molar-refractivity contribution in [1.29, 1.82) is 0 Å². The second-order valence-corrected chi connectivity index (χ2v) is 7.56. The van der Waals surface area contributed by atoms with E-state index in [4.69, 9.17) is 0 Å². The van der Waals surface area contributed by atoms with Crippen LogP contribution in [0.5, 0.6) is 0 Å². The summed E-state index contributed by atoms with van der Waals surface area (Å²) >= 11 is 0. The standard InChI is InChI=1S/C24H25FN2O3/c1-4-20(28)10-12-22(15(2)3)27-14-17-13-19(9-11-21(17)24(27)30)26-23(29)16-5-7-18(25)8-6-16/h5-9,11,13,22H,2,4,10,12,14H2,1,3H3,(H,26,29). The predicted octanol–water partition coefficient (Wildman–Crippen LogP) is 4.74. The second-order valence-electron chi connectivity index (χ2n) is 7.56. The number of fused-ring (bicyclic) bond motifs is 1. The molecule has 0 saturated heterocycles. The molecular formula is C24H25FN2O3. The fraction of sp³-hybridized carbons (Fsp3) is 0.292. The van der Waals surface area contributed by atoms with Crippen LogP contribution >= 0.6 is 0 Å². The average Bonchev–Trinajstić information content (AvgIpc) is 3.03.